The minimum absolute atomic E-state index is 0.00518. The first-order chi connectivity index (χ1) is 18.8. The molecular weight excluding hydrogens is 520 g/mol. The number of benzene rings is 2. The van der Waals surface area contributed by atoms with E-state index in [1.54, 1.807) is 12.1 Å². The molecule has 5 unspecified atom stereocenters. The van der Waals surface area contributed by atoms with E-state index in [0.717, 1.165) is 0 Å². The number of rotatable bonds is 14. The topological polar surface area (TPSA) is 211 Å². The van der Waals surface area contributed by atoms with E-state index in [4.69, 9.17) is 5.73 Å². The Labute approximate surface area is 232 Å². The van der Waals surface area contributed by atoms with E-state index in [0.29, 0.717) is 17.5 Å². The van der Waals surface area contributed by atoms with Crippen LogP contribution in [-0.2, 0) is 32.0 Å². The fourth-order valence-corrected chi connectivity index (χ4v) is 3.96. The molecule has 0 fully saturated rings. The Kier molecular flexibility index (Phi) is 11.9. The van der Waals surface area contributed by atoms with Crippen LogP contribution < -0.4 is 21.7 Å². The summed E-state index contributed by atoms with van der Waals surface area (Å²) in [4.78, 5) is 51.0. The standard InChI is InChI=1S/C28H38N4O8/c1-15(2)12-21(29)25(36)30-22(13-17-4-8-19(34)9-5-17)26(37)31-23(14-18-6-10-20(35)11-7-18)27(38)32-24(16(3)33)28(39)40/h4-11,15-16,21-24,33-35H,12-14,29H2,1-3H3,(H,30,36)(H,31,37)(H,32,38)(H,39,40). The van der Waals surface area contributed by atoms with Gasteiger partial charge in [0.15, 0.2) is 6.04 Å². The summed E-state index contributed by atoms with van der Waals surface area (Å²) in [6, 6.07) is 6.89. The minimum Gasteiger partial charge on any atom is -0.508 e. The van der Waals surface area contributed by atoms with E-state index < -0.39 is 54.0 Å². The van der Waals surface area contributed by atoms with Gasteiger partial charge in [-0.1, -0.05) is 38.1 Å². The van der Waals surface area contributed by atoms with Gasteiger partial charge in [-0.25, -0.2) is 4.79 Å². The largest absolute Gasteiger partial charge is 0.508 e. The van der Waals surface area contributed by atoms with Gasteiger partial charge >= 0.3 is 5.97 Å². The first-order valence-electron chi connectivity index (χ1n) is 12.9. The lowest BCUT2D eigenvalue weighted by molar-refractivity contribution is -0.145. The average Bonchev–Trinajstić information content (AvgIpc) is 2.87. The Bertz CT molecular complexity index is 1150. The maximum atomic E-state index is 13.5. The van der Waals surface area contributed by atoms with Gasteiger partial charge in [-0.05, 0) is 54.7 Å². The summed E-state index contributed by atoms with van der Waals surface area (Å²) in [5.41, 5.74) is 7.16. The van der Waals surface area contributed by atoms with Gasteiger partial charge < -0.3 is 42.1 Å². The lowest BCUT2D eigenvalue weighted by Gasteiger charge is -2.26. The van der Waals surface area contributed by atoms with Crippen LogP contribution in [0.25, 0.3) is 0 Å². The molecule has 5 atom stereocenters. The second kappa shape index (κ2) is 14.8. The van der Waals surface area contributed by atoms with Crippen molar-refractivity contribution in [1.29, 1.82) is 0 Å². The summed E-state index contributed by atoms with van der Waals surface area (Å²) in [6.07, 6.45) is -1.13. The zero-order valence-corrected chi connectivity index (χ0v) is 22.7. The van der Waals surface area contributed by atoms with Crippen LogP contribution in [0.5, 0.6) is 11.5 Å². The third-order valence-electron chi connectivity index (χ3n) is 6.13. The molecule has 12 heteroatoms. The molecule has 0 aromatic heterocycles. The monoisotopic (exact) mass is 558 g/mol. The third kappa shape index (κ3) is 10.2. The molecule has 0 spiro atoms. The number of nitrogens with one attached hydrogen (secondary N) is 3. The summed E-state index contributed by atoms with van der Waals surface area (Å²) >= 11 is 0. The fraction of sp³-hybridized carbons (Fsp3) is 0.429. The number of carbonyl (C=O) groups excluding carboxylic acids is 3. The number of phenolic OH excluding ortho intramolecular Hbond substituents is 2. The molecule has 2 aromatic rings. The van der Waals surface area contributed by atoms with Crippen LogP contribution in [-0.4, -0.2) is 74.4 Å². The molecule has 2 aromatic carbocycles. The minimum atomic E-state index is -1.63. The van der Waals surface area contributed by atoms with Crippen molar-refractivity contribution in [2.24, 2.45) is 11.7 Å². The molecule has 3 amide bonds. The molecule has 0 heterocycles. The molecule has 0 aliphatic carbocycles. The number of aliphatic carboxylic acids is 1. The third-order valence-corrected chi connectivity index (χ3v) is 6.13. The number of aliphatic hydroxyl groups is 1. The number of amides is 3. The number of carbonyl (C=O) groups is 4. The van der Waals surface area contributed by atoms with Crippen molar-refractivity contribution in [3.05, 3.63) is 59.7 Å². The zero-order valence-electron chi connectivity index (χ0n) is 22.7. The number of aliphatic hydroxyl groups excluding tert-OH is 1. The fourth-order valence-electron chi connectivity index (χ4n) is 3.96. The highest BCUT2D eigenvalue weighted by atomic mass is 16.4. The smallest absolute Gasteiger partial charge is 0.328 e. The van der Waals surface area contributed by atoms with Gasteiger partial charge in [-0.2, -0.15) is 0 Å². The predicted molar refractivity (Wildman–Crippen MR) is 146 cm³/mol. The number of hydrogen-bond donors (Lipinski definition) is 8. The van der Waals surface area contributed by atoms with Crippen LogP contribution >= 0.6 is 0 Å². The van der Waals surface area contributed by atoms with Gasteiger partial charge in [0.1, 0.15) is 23.6 Å². The van der Waals surface area contributed by atoms with Crippen molar-refractivity contribution in [2.45, 2.75) is 70.3 Å². The highest BCUT2D eigenvalue weighted by Gasteiger charge is 2.32. The van der Waals surface area contributed by atoms with E-state index in [9.17, 15) is 39.6 Å². The summed E-state index contributed by atoms with van der Waals surface area (Å²) in [5.74, 6) is -3.50. The highest BCUT2D eigenvalue weighted by molar-refractivity contribution is 5.94. The van der Waals surface area contributed by atoms with E-state index in [2.05, 4.69) is 16.0 Å². The Morgan fingerprint density at radius 2 is 1.12 bits per heavy atom. The molecular formula is C28H38N4O8. The summed E-state index contributed by atoms with van der Waals surface area (Å²) in [7, 11) is 0. The Morgan fingerprint density at radius 1 is 0.725 bits per heavy atom. The number of carboxylic acid groups (broad SMARTS) is 1. The molecule has 12 nitrogen and oxygen atoms in total. The number of aromatic hydroxyl groups is 2. The van der Waals surface area contributed by atoms with Crippen molar-refractivity contribution in [3.8, 4) is 11.5 Å². The van der Waals surface area contributed by atoms with Crippen molar-refractivity contribution < 1.29 is 39.6 Å². The highest BCUT2D eigenvalue weighted by Crippen LogP contribution is 2.14. The number of hydrogen-bond acceptors (Lipinski definition) is 8. The normalized spacial score (nSPS) is 14.8. The van der Waals surface area contributed by atoms with Crippen LogP contribution in [0.1, 0.15) is 38.3 Å². The number of phenols is 2. The lowest BCUT2D eigenvalue weighted by atomic mass is 10.0. The quantitative estimate of drug-likeness (QED) is 0.159. The Balaban J connectivity index is 2.34. The first-order valence-corrected chi connectivity index (χ1v) is 12.9. The second-order valence-corrected chi connectivity index (χ2v) is 10.2. The van der Waals surface area contributed by atoms with E-state index in [1.807, 2.05) is 13.8 Å². The van der Waals surface area contributed by atoms with Crippen LogP contribution in [0.15, 0.2) is 48.5 Å². The SMILES string of the molecule is CC(C)CC(N)C(=O)NC(Cc1ccc(O)cc1)C(=O)NC(Cc1ccc(O)cc1)C(=O)NC(C(=O)O)C(C)O. The molecule has 0 saturated carbocycles. The van der Waals surface area contributed by atoms with Crippen LogP contribution in [0, 0.1) is 5.92 Å². The number of nitrogens with two attached hydrogens (primary N) is 1. The second-order valence-electron chi connectivity index (χ2n) is 10.2. The molecule has 2 rings (SSSR count). The van der Waals surface area contributed by atoms with Crippen molar-refractivity contribution in [2.75, 3.05) is 0 Å². The van der Waals surface area contributed by atoms with E-state index in [-0.39, 0.29) is 30.3 Å². The van der Waals surface area contributed by atoms with Gasteiger partial charge in [-0.3, -0.25) is 14.4 Å². The van der Waals surface area contributed by atoms with Crippen molar-refractivity contribution in [3.63, 3.8) is 0 Å². The summed E-state index contributed by atoms with van der Waals surface area (Å²) in [5, 5.41) is 45.9. The van der Waals surface area contributed by atoms with Crippen molar-refractivity contribution in [1.82, 2.24) is 16.0 Å². The van der Waals surface area contributed by atoms with Crippen molar-refractivity contribution >= 4 is 23.7 Å². The lowest BCUT2D eigenvalue weighted by Crippen LogP contribution is -2.59. The summed E-state index contributed by atoms with van der Waals surface area (Å²) < 4.78 is 0. The van der Waals surface area contributed by atoms with Crippen LogP contribution in [0.2, 0.25) is 0 Å². The molecule has 0 saturated heterocycles. The molecule has 0 bridgehead atoms. The molecule has 0 radical (unpaired) electrons. The van der Waals surface area contributed by atoms with Gasteiger partial charge in [0.25, 0.3) is 0 Å². The molecule has 218 valence electrons. The van der Waals surface area contributed by atoms with Crippen LogP contribution in [0.3, 0.4) is 0 Å². The first kappa shape index (κ1) is 32.1. The Morgan fingerprint density at radius 3 is 1.50 bits per heavy atom. The predicted octanol–water partition coefficient (Wildman–Crippen LogP) is 0.176. The number of carboxylic acids is 1. The van der Waals surface area contributed by atoms with Gasteiger partial charge in [-0.15, -0.1) is 0 Å². The molecule has 0 aliphatic rings. The molecule has 9 N–H and O–H groups in total. The van der Waals surface area contributed by atoms with E-state index in [1.165, 1.54) is 43.3 Å². The Hall–Kier alpha value is -4.16. The molecule has 0 aliphatic heterocycles. The van der Waals surface area contributed by atoms with Crippen LogP contribution in [0.4, 0.5) is 0 Å². The van der Waals surface area contributed by atoms with Gasteiger partial charge in [0, 0.05) is 12.8 Å². The van der Waals surface area contributed by atoms with E-state index >= 15 is 0 Å². The maximum Gasteiger partial charge on any atom is 0.328 e. The summed E-state index contributed by atoms with van der Waals surface area (Å²) in [6.45, 7) is 5.01. The van der Waals surface area contributed by atoms with Gasteiger partial charge in [0.05, 0.1) is 12.1 Å². The maximum absolute atomic E-state index is 13.5. The molecule has 40 heavy (non-hydrogen) atoms. The zero-order chi connectivity index (χ0) is 30.0. The van der Waals surface area contributed by atoms with Gasteiger partial charge in [0.2, 0.25) is 17.7 Å². The average molecular weight is 559 g/mol.